The molecule has 0 aromatic heterocycles. The SMILES string of the molecule is Cc1cc(Cl)cc(C2CNC(C)C2)c1. The molecular formula is C12H16ClN. The lowest BCUT2D eigenvalue weighted by molar-refractivity contribution is 0.658. The summed E-state index contributed by atoms with van der Waals surface area (Å²) in [6.07, 6.45) is 1.22. The van der Waals surface area contributed by atoms with Gasteiger partial charge in [0, 0.05) is 17.6 Å². The van der Waals surface area contributed by atoms with Crippen molar-refractivity contribution >= 4 is 11.6 Å². The van der Waals surface area contributed by atoms with E-state index in [0.717, 1.165) is 11.6 Å². The van der Waals surface area contributed by atoms with Crippen molar-refractivity contribution in [3.63, 3.8) is 0 Å². The van der Waals surface area contributed by atoms with E-state index in [-0.39, 0.29) is 0 Å². The predicted octanol–water partition coefficient (Wildman–Crippen LogP) is 3.11. The standard InChI is InChI=1S/C12H16ClN/c1-8-3-10(6-12(13)4-8)11-5-9(2)14-7-11/h3-4,6,9,11,14H,5,7H2,1-2H3. The minimum Gasteiger partial charge on any atom is -0.314 e. The molecule has 1 heterocycles. The molecule has 1 aliphatic heterocycles. The van der Waals surface area contributed by atoms with Crippen LogP contribution in [0.1, 0.15) is 30.4 Å². The molecule has 2 rings (SSSR count). The molecule has 1 saturated heterocycles. The van der Waals surface area contributed by atoms with E-state index in [1.54, 1.807) is 0 Å². The van der Waals surface area contributed by atoms with Crippen LogP contribution in [-0.2, 0) is 0 Å². The van der Waals surface area contributed by atoms with Crippen LogP contribution in [0.4, 0.5) is 0 Å². The highest BCUT2D eigenvalue weighted by Crippen LogP contribution is 2.28. The van der Waals surface area contributed by atoms with Crippen LogP contribution in [0.2, 0.25) is 5.02 Å². The van der Waals surface area contributed by atoms with Crippen LogP contribution >= 0.6 is 11.6 Å². The number of hydrogen-bond acceptors (Lipinski definition) is 1. The Kier molecular flexibility index (Phi) is 2.80. The van der Waals surface area contributed by atoms with Crippen LogP contribution in [0.15, 0.2) is 18.2 Å². The van der Waals surface area contributed by atoms with Crippen molar-refractivity contribution in [1.29, 1.82) is 0 Å². The van der Waals surface area contributed by atoms with Gasteiger partial charge in [0.05, 0.1) is 0 Å². The van der Waals surface area contributed by atoms with E-state index < -0.39 is 0 Å². The minimum absolute atomic E-state index is 0.638. The summed E-state index contributed by atoms with van der Waals surface area (Å²) in [5.74, 6) is 0.641. The second kappa shape index (κ2) is 3.92. The second-order valence-electron chi connectivity index (χ2n) is 4.30. The summed E-state index contributed by atoms with van der Waals surface area (Å²) in [7, 11) is 0. The summed E-state index contributed by atoms with van der Waals surface area (Å²) in [6, 6.07) is 6.99. The topological polar surface area (TPSA) is 12.0 Å². The summed E-state index contributed by atoms with van der Waals surface area (Å²) in [6.45, 7) is 5.42. The highest BCUT2D eigenvalue weighted by Gasteiger charge is 2.22. The van der Waals surface area contributed by atoms with Crippen molar-refractivity contribution in [2.24, 2.45) is 0 Å². The van der Waals surface area contributed by atoms with Gasteiger partial charge in [-0.3, -0.25) is 0 Å². The summed E-state index contributed by atoms with van der Waals surface area (Å²) in [5, 5.41) is 4.32. The van der Waals surface area contributed by atoms with Crippen molar-refractivity contribution in [2.45, 2.75) is 32.2 Å². The van der Waals surface area contributed by atoms with Gasteiger partial charge in [0.2, 0.25) is 0 Å². The van der Waals surface area contributed by atoms with Gasteiger partial charge in [-0.15, -0.1) is 0 Å². The molecule has 2 unspecified atom stereocenters. The largest absolute Gasteiger partial charge is 0.314 e. The monoisotopic (exact) mass is 209 g/mol. The molecule has 1 N–H and O–H groups in total. The van der Waals surface area contributed by atoms with Gasteiger partial charge < -0.3 is 5.32 Å². The van der Waals surface area contributed by atoms with Gasteiger partial charge in [0.15, 0.2) is 0 Å². The fraction of sp³-hybridized carbons (Fsp3) is 0.500. The zero-order chi connectivity index (χ0) is 10.1. The van der Waals surface area contributed by atoms with Gasteiger partial charge in [-0.2, -0.15) is 0 Å². The second-order valence-corrected chi connectivity index (χ2v) is 4.74. The molecule has 0 saturated carbocycles. The summed E-state index contributed by atoms with van der Waals surface area (Å²) >= 11 is 6.04. The van der Waals surface area contributed by atoms with Gasteiger partial charge >= 0.3 is 0 Å². The first kappa shape index (κ1) is 10.0. The molecule has 0 radical (unpaired) electrons. The summed E-state index contributed by atoms with van der Waals surface area (Å²) < 4.78 is 0. The Morgan fingerprint density at radius 1 is 1.36 bits per heavy atom. The molecule has 1 aliphatic rings. The zero-order valence-corrected chi connectivity index (χ0v) is 9.43. The van der Waals surface area contributed by atoms with Gasteiger partial charge in [-0.25, -0.2) is 0 Å². The Balaban J connectivity index is 2.23. The fourth-order valence-electron chi connectivity index (χ4n) is 2.19. The van der Waals surface area contributed by atoms with Gasteiger partial charge in [-0.05, 0) is 49.4 Å². The Labute approximate surface area is 90.5 Å². The van der Waals surface area contributed by atoms with Crippen molar-refractivity contribution in [2.75, 3.05) is 6.54 Å². The molecule has 1 fully saturated rings. The van der Waals surface area contributed by atoms with Crippen molar-refractivity contribution in [1.82, 2.24) is 5.32 Å². The van der Waals surface area contributed by atoms with E-state index in [9.17, 15) is 0 Å². The quantitative estimate of drug-likeness (QED) is 0.750. The average molecular weight is 210 g/mol. The molecule has 76 valence electrons. The van der Waals surface area contributed by atoms with Crippen LogP contribution in [0.25, 0.3) is 0 Å². The molecule has 2 heteroatoms. The van der Waals surface area contributed by atoms with Crippen molar-refractivity contribution in [3.8, 4) is 0 Å². The molecule has 14 heavy (non-hydrogen) atoms. The maximum atomic E-state index is 6.04. The Morgan fingerprint density at radius 3 is 2.71 bits per heavy atom. The molecule has 0 bridgehead atoms. The molecule has 0 spiro atoms. The van der Waals surface area contributed by atoms with E-state index >= 15 is 0 Å². The molecule has 2 atom stereocenters. The molecule has 0 amide bonds. The smallest absolute Gasteiger partial charge is 0.0411 e. The zero-order valence-electron chi connectivity index (χ0n) is 8.68. The van der Waals surface area contributed by atoms with E-state index in [1.165, 1.54) is 17.5 Å². The molecule has 1 nitrogen and oxygen atoms in total. The van der Waals surface area contributed by atoms with E-state index in [1.807, 2.05) is 6.07 Å². The predicted molar refractivity (Wildman–Crippen MR) is 61.0 cm³/mol. The minimum atomic E-state index is 0.638. The van der Waals surface area contributed by atoms with Crippen LogP contribution < -0.4 is 5.32 Å². The third-order valence-electron chi connectivity index (χ3n) is 2.89. The number of rotatable bonds is 1. The lowest BCUT2D eigenvalue weighted by atomic mass is 9.95. The summed E-state index contributed by atoms with van der Waals surface area (Å²) in [5.41, 5.74) is 2.64. The van der Waals surface area contributed by atoms with E-state index in [0.29, 0.717) is 12.0 Å². The Hall–Kier alpha value is -0.530. The van der Waals surface area contributed by atoms with Gasteiger partial charge in [0.25, 0.3) is 0 Å². The van der Waals surface area contributed by atoms with E-state index in [2.05, 4.69) is 31.3 Å². The molecular weight excluding hydrogens is 194 g/mol. The van der Waals surface area contributed by atoms with Crippen LogP contribution in [0.3, 0.4) is 0 Å². The van der Waals surface area contributed by atoms with Crippen molar-refractivity contribution in [3.05, 3.63) is 34.3 Å². The number of benzene rings is 1. The van der Waals surface area contributed by atoms with Gasteiger partial charge in [-0.1, -0.05) is 17.7 Å². The van der Waals surface area contributed by atoms with E-state index in [4.69, 9.17) is 11.6 Å². The first-order valence-corrected chi connectivity index (χ1v) is 5.53. The lowest BCUT2D eigenvalue weighted by Crippen LogP contribution is -2.16. The van der Waals surface area contributed by atoms with Crippen LogP contribution in [-0.4, -0.2) is 12.6 Å². The lowest BCUT2D eigenvalue weighted by Gasteiger charge is -2.10. The molecule has 1 aromatic rings. The first-order valence-electron chi connectivity index (χ1n) is 5.15. The normalized spacial score (nSPS) is 26.8. The highest BCUT2D eigenvalue weighted by molar-refractivity contribution is 6.30. The first-order chi connectivity index (χ1) is 6.65. The van der Waals surface area contributed by atoms with Crippen molar-refractivity contribution < 1.29 is 0 Å². The average Bonchev–Trinajstić information content (AvgIpc) is 2.50. The van der Waals surface area contributed by atoms with Gasteiger partial charge in [0.1, 0.15) is 0 Å². The van der Waals surface area contributed by atoms with Crippen LogP contribution in [0, 0.1) is 6.92 Å². The highest BCUT2D eigenvalue weighted by atomic mass is 35.5. The number of hydrogen-bond donors (Lipinski definition) is 1. The van der Waals surface area contributed by atoms with Crippen LogP contribution in [0.5, 0.6) is 0 Å². The maximum Gasteiger partial charge on any atom is 0.0411 e. The third kappa shape index (κ3) is 2.10. The maximum absolute atomic E-state index is 6.04. The molecule has 1 aromatic carbocycles. The molecule has 0 aliphatic carbocycles. The fourth-order valence-corrected chi connectivity index (χ4v) is 2.49. The Morgan fingerprint density at radius 2 is 2.14 bits per heavy atom. The third-order valence-corrected chi connectivity index (χ3v) is 3.10. The number of halogens is 1. The number of aryl methyl sites for hydroxylation is 1. The Bertz CT molecular complexity index is 315. The summed E-state index contributed by atoms with van der Waals surface area (Å²) in [4.78, 5) is 0. The number of nitrogens with one attached hydrogen (secondary N) is 1.